The van der Waals surface area contributed by atoms with Crippen molar-refractivity contribution >= 4 is 16.5 Å². The van der Waals surface area contributed by atoms with Gasteiger partial charge in [-0.15, -0.1) is 0 Å². The third-order valence-corrected chi connectivity index (χ3v) is 6.14. The third-order valence-electron chi connectivity index (χ3n) is 6.14. The van der Waals surface area contributed by atoms with E-state index in [-0.39, 0.29) is 0 Å². The zero-order chi connectivity index (χ0) is 20.4. The average Bonchev–Trinajstić information content (AvgIpc) is 2.72. The number of hydrogen-bond acceptors (Lipinski definition) is 3. The van der Waals surface area contributed by atoms with E-state index in [9.17, 15) is 5.26 Å². The summed E-state index contributed by atoms with van der Waals surface area (Å²) in [7, 11) is 0. The molecule has 29 heavy (non-hydrogen) atoms. The highest BCUT2D eigenvalue weighted by molar-refractivity contribution is 5.97. The first kappa shape index (κ1) is 19.5. The van der Waals surface area contributed by atoms with Crippen LogP contribution >= 0.6 is 0 Å². The SMILES string of the molecule is Cc1cc(C)c(CCN2CCCCN2c2ccc(C#N)c3ccccc23)c(C)c1. The van der Waals surface area contributed by atoms with E-state index in [0.29, 0.717) is 0 Å². The number of hydrazine groups is 1. The van der Waals surface area contributed by atoms with Crippen LogP contribution < -0.4 is 5.01 Å². The van der Waals surface area contributed by atoms with Crippen molar-refractivity contribution in [3.8, 4) is 6.07 Å². The lowest BCUT2D eigenvalue weighted by atomic mass is 9.97. The van der Waals surface area contributed by atoms with Gasteiger partial charge in [-0.1, -0.05) is 42.0 Å². The maximum absolute atomic E-state index is 9.50. The number of nitriles is 1. The number of hydrogen-bond donors (Lipinski definition) is 0. The van der Waals surface area contributed by atoms with Gasteiger partial charge in [0.25, 0.3) is 0 Å². The number of anilines is 1. The number of benzene rings is 3. The van der Waals surface area contributed by atoms with Gasteiger partial charge in [-0.3, -0.25) is 0 Å². The lowest BCUT2D eigenvalue weighted by Gasteiger charge is -2.41. The highest BCUT2D eigenvalue weighted by Gasteiger charge is 2.22. The largest absolute Gasteiger partial charge is 0.305 e. The Morgan fingerprint density at radius 3 is 2.31 bits per heavy atom. The summed E-state index contributed by atoms with van der Waals surface area (Å²) < 4.78 is 0. The summed E-state index contributed by atoms with van der Waals surface area (Å²) in [6.07, 6.45) is 3.49. The Balaban J connectivity index is 1.64. The Labute approximate surface area is 174 Å². The van der Waals surface area contributed by atoms with Crippen LogP contribution in [-0.2, 0) is 6.42 Å². The van der Waals surface area contributed by atoms with E-state index in [0.717, 1.165) is 37.0 Å². The summed E-state index contributed by atoms with van der Waals surface area (Å²) in [5.41, 5.74) is 7.58. The maximum Gasteiger partial charge on any atom is 0.0998 e. The smallest absolute Gasteiger partial charge is 0.0998 e. The van der Waals surface area contributed by atoms with Crippen molar-refractivity contribution in [3.63, 3.8) is 0 Å². The molecule has 148 valence electrons. The van der Waals surface area contributed by atoms with Crippen LogP contribution in [0.15, 0.2) is 48.5 Å². The lowest BCUT2D eigenvalue weighted by Crippen LogP contribution is -2.48. The quantitative estimate of drug-likeness (QED) is 0.579. The van der Waals surface area contributed by atoms with Crippen LogP contribution in [0.25, 0.3) is 10.8 Å². The molecule has 0 aliphatic carbocycles. The van der Waals surface area contributed by atoms with Crippen LogP contribution in [0.3, 0.4) is 0 Å². The van der Waals surface area contributed by atoms with Crippen molar-refractivity contribution < 1.29 is 0 Å². The molecule has 0 N–H and O–H groups in total. The molecule has 4 rings (SSSR count). The number of aryl methyl sites for hydroxylation is 3. The molecule has 0 bridgehead atoms. The second-order valence-corrected chi connectivity index (χ2v) is 8.20. The van der Waals surface area contributed by atoms with Gasteiger partial charge in [-0.05, 0) is 68.9 Å². The summed E-state index contributed by atoms with van der Waals surface area (Å²) >= 11 is 0. The van der Waals surface area contributed by atoms with E-state index >= 15 is 0 Å². The van der Waals surface area contributed by atoms with Gasteiger partial charge in [0.15, 0.2) is 0 Å². The maximum atomic E-state index is 9.50. The second kappa shape index (κ2) is 8.27. The fraction of sp³-hybridized carbons (Fsp3) is 0.346. The molecule has 0 radical (unpaired) electrons. The van der Waals surface area contributed by atoms with Gasteiger partial charge in [0.1, 0.15) is 0 Å². The van der Waals surface area contributed by atoms with Crippen molar-refractivity contribution in [3.05, 3.63) is 76.3 Å². The molecular formula is C26H29N3. The van der Waals surface area contributed by atoms with Gasteiger partial charge in [0.2, 0.25) is 0 Å². The zero-order valence-corrected chi connectivity index (χ0v) is 17.7. The molecule has 0 atom stereocenters. The highest BCUT2D eigenvalue weighted by atomic mass is 15.6. The van der Waals surface area contributed by atoms with E-state index in [4.69, 9.17) is 0 Å². The van der Waals surface area contributed by atoms with Crippen molar-refractivity contribution in [2.45, 2.75) is 40.0 Å². The van der Waals surface area contributed by atoms with E-state index in [1.165, 1.54) is 46.2 Å². The molecule has 3 heteroatoms. The summed E-state index contributed by atoms with van der Waals surface area (Å²) in [6, 6.07) is 19.3. The van der Waals surface area contributed by atoms with E-state index in [1.807, 2.05) is 12.1 Å². The normalized spacial score (nSPS) is 14.9. The van der Waals surface area contributed by atoms with Gasteiger partial charge in [-0.25, -0.2) is 5.01 Å². The first-order valence-corrected chi connectivity index (χ1v) is 10.6. The van der Waals surface area contributed by atoms with Crippen LogP contribution in [0, 0.1) is 32.1 Å². The number of rotatable bonds is 4. The molecule has 0 saturated carbocycles. The van der Waals surface area contributed by atoms with Gasteiger partial charge in [0, 0.05) is 30.4 Å². The molecule has 1 saturated heterocycles. The van der Waals surface area contributed by atoms with Gasteiger partial charge in [0.05, 0.1) is 17.3 Å². The summed E-state index contributed by atoms with van der Waals surface area (Å²) in [6.45, 7) is 9.76. The fourth-order valence-corrected chi connectivity index (χ4v) is 4.77. The molecule has 1 heterocycles. The minimum Gasteiger partial charge on any atom is -0.305 e. The van der Waals surface area contributed by atoms with Crippen molar-refractivity contribution in [1.82, 2.24) is 5.01 Å². The third kappa shape index (κ3) is 3.86. The number of nitrogens with zero attached hydrogens (tertiary/aromatic N) is 3. The molecule has 0 aromatic heterocycles. The molecule has 1 aliphatic heterocycles. The lowest BCUT2D eigenvalue weighted by molar-refractivity contribution is 0.215. The summed E-state index contributed by atoms with van der Waals surface area (Å²) in [5, 5.41) is 16.7. The van der Waals surface area contributed by atoms with Crippen molar-refractivity contribution in [1.29, 1.82) is 5.26 Å². The zero-order valence-electron chi connectivity index (χ0n) is 17.7. The van der Waals surface area contributed by atoms with E-state index < -0.39 is 0 Å². The van der Waals surface area contributed by atoms with E-state index in [1.54, 1.807) is 0 Å². The summed E-state index contributed by atoms with van der Waals surface area (Å²) in [4.78, 5) is 0. The second-order valence-electron chi connectivity index (χ2n) is 8.20. The first-order valence-electron chi connectivity index (χ1n) is 10.6. The molecule has 3 aromatic rings. The molecule has 0 spiro atoms. The molecule has 0 unspecified atom stereocenters. The molecule has 3 nitrogen and oxygen atoms in total. The minimum atomic E-state index is 0.749. The predicted octanol–water partition coefficient (Wildman–Crippen LogP) is 5.70. The van der Waals surface area contributed by atoms with Crippen LogP contribution in [0.1, 0.15) is 40.7 Å². The molecule has 1 aliphatic rings. The van der Waals surface area contributed by atoms with Gasteiger partial charge >= 0.3 is 0 Å². The number of fused-ring (bicyclic) bond motifs is 1. The predicted molar refractivity (Wildman–Crippen MR) is 121 cm³/mol. The van der Waals surface area contributed by atoms with Gasteiger partial charge < -0.3 is 5.01 Å². The first-order chi connectivity index (χ1) is 14.1. The van der Waals surface area contributed by atoms with Gasteiger partial charge in [-0.2, -0.15) is 5.26 Å². The minimum absolute atomic E-state index is 0.749. The Kier molecular flexibility index (Phi) is 5.56. The van der Waals surface area contributed by atoms with E-state index in [2.05, 4.69) is 73.3 Å². The fourth-order valence-electron chi connectivity index (χ4n) is 4.77. The van der Waals surface area contributed by atoms with Crippen LogP contribution in [0.4, 0.5) is 5.69 Å². The topological polar surface area (TPSA) is 30.3 Å². The molecule has 3 aromatic carbocycles. The Bertz CT molecular complexity index is 1050. The standard InChI is InChI=1S/C26H29N3/c1-19-16-20(2)23(21(3)17-19)12-15-28-13-6-7-14-29(28)26-11-10-22(18-27)24-8-4-5-9-25(24)26/h4-5,8-11,16-17H,6-7,12-15H2,1-3H3. The van der Waals surface area contributed by atoms with Crippen LogP contribution in [0.5, 0.6) is 0 Å². The van der Waals surface area contributed by atoms with Crippen LogP contribution in [0.2, 0.25) is 0 Å². The molecule has 0 amide bonds. The molecular weight excluding hydrogens is 354 g/mol. The Morgan fingerprint density at radius 2 is 1.59 bits per heavy atom. The van der Waals surface area contributed by atoms with Crippen molar-refractivity contribution in [2.24, 2.45) is 0 Å². The Hall–Kier alpha value is -2.83. The van der Waals surface area contributed by atoms with Crippen LogP contribution in [-0.4, -0.2) is 24.6 Å². The molecule has 1 fully saturated rings. The average molecular weight is 384 g/mol. The van der Waals surface area contributed by atoms with Crippen molar-refractivity contribution in [2.75, 3.05) is 24.6 Å². The highest BCUT2D eigenvalue weighted by Crippen LogP contribution is 2.32. The summed E-state index contributed by atoms with van der Waals surface area (Å²) in [5.74, 6) is 0. The Morgan fingerprint density at radius 1 is 0.897 bits per heavy atom. The monoisotopic (exact) mass is 383 g/mol.